The molecule has 1 N–H and O–H groups in total. The molecular formula is C20H26N3O5. The number of nitrogens with one attached hydrogen (secondary N) is 1. The third-order valence-corrected chi connectivity index (χ3v) is 4.54. The van der Waals surface area contributed by atoms with Crippen molar-refractivity contribution in [2.24, 2.45) is 11.0 Å². The molecule has 0 spiro atoms. The molecule has 1 aliphatic heterocycles. The smallest absolute Gasteiger partial charge is 0.427 e. The van der Waals surface area contributed by atoms with Gasteiger partial charge in [-0.25, -0.2) is 15.3 Å². The van der Waals surface area contributed by atoms with Crippen LogP contribution in [0.3, 0.4) is 0 Å². The van der Waals surface area contributed by atoms with Crippen molar-refractivity contribution in [3.05, 3.63) is 35.4 Å². The molecular weight excluding hydrogens is 362 g/mol. The summed E-state index contributed by atoms with van der Waals surface area (Å²) in [6.07, 6.45) is 1.28. The molecule has 0 saturated carbocycles. The van der Waals surface area contributed by atoms with E-state index in [2.05, 4.69) is 15.3 Å². The Hall–Kier alpha value is -2.74. The third kappa shape index (κ3) is 6.45. The van der Waals surface area contributed by atoms with E-state index in [0.717, 1.165) is 0 Å². The topological polar surface area (TPSA) is 108 Å². The Bertz CT molecular complexity index is 709. The van der Waals surface area contributed by atoms with Crippen LogP contribution in [-0.4, -0.2) is 54.7 Å². The van der Waals surface area contributed by atoms with E-state index in [4.69, 9.17) is 0 Å². The number of benzene rings is 1. The number of piperidine rings is 1. The summed E-state index contributed by atoms with van der Waals surface area (Å²) in [6, 6.07) is 6.73. The maximum Gasteiger partial charge on any atom is 0.427 e. The number of carbonyl (C=O) groups is 3. The van der Waals surface area contributed by atoms with Crippen LogP contribution in [0.25, 0.3) is 0 Å². The number of hydrogen-bond donors (Lipinski definition) is 1. The van der Waals surface area contributed by atoms with E-state index in [0.29, 0.717) is 37.1 Å². The van der Waals surface area contributed by atoms with Gasteiger partial charge in [0, 0.05) is 31.0 Å². The van der Waals surface area contributed by atoms with Gasteiger partial charge in [0.1, 0.15) is 0 Å². The molecule has 0 aliphatic carbocycles. The molecule has 1 atom stereocenters. The molecule has 1 unspecified atom stereocenters. The quantitative estimate of drug-likeness (QED) is 0.439. The van der Waals surface area contributed by atoms with Crippen molar-refractivity contribution in [3.63, 3.8) is 0 Å². The Labute approximate surface area is 164 Å². The van der Waals surface area contributed by atoms with E-state index >= 15 is 0 Å². The van der Waals surface area contributed by atoms with Gasteiger partial charge in [-0.2, -0.15) is 5.10 Å². The van der Waals surface area contributed by atoms with E-state index < -0.39 is 18.1 Å². The number of hydrogen-bond acceptors (Lipinski definition) is 5. The molecule has 1 aromatic rings. The van der Waals surface area contributed by atoms with Crippen LogP contribution in [0, 0.1) is 5.92 Å². The Kier molecular flexibility index (Phi) is 8.13. The van der Waals surface area contributed by atoms with Crippen LogP contribution in [0.2, 0.25) is 0 Å². The molecule has 1 radical (unpaired) electrons. The first-order chi connectivity index (χ1) is 13.4. The number of likely N-dealkylation sites (tertiary alicyclic amines) is 1. The highest BCUT2D eigenvalue weighted by molar-refractivity contribution is 5.99. The van der Waals surface area contributed by atoms with Crippen molar-refractivity contribution >= 4 is 24.0 Å². The fourth-order valence-electron chi connectivity index (χ4n) is 2.95. The fourth-order valence-corrected chi connectivity index (χ4v) is 2.95. The van der Waals surface area contributed by atoms with Crippen LogP contribution in [0.5, 0.6) is 0 Å². The normalized spacial score (nSPS) is 16.0. The molecule has 1 saturated heterocycles. The van der Waals surface area contributed by atoms with Crippen molar-refractivity contribution in [2.75, 3.05) is 19.7 Å². The summed E-state index contributed by atoms with van der Waals surface area (Å²) in [7, 11) is 0. The second kappa shape index (κ2) is 10.6. The van der Waals surface area contributed by atoms with Crippen LogP contribution in [-0.2, 0) is 14.6 Å². The maximum atomic E-state index is 12.5. The van der Waals surface area contributed by atoms with Gasteiger partial charge in [-0.15, -0.1) is 0 Å². The highest BCUT2D eigenvalue weighted by Gasteiger charge is 2.27. The van der Waals surface area contributed by atoms with Crippen LogP contribution >= 0.6 is 0 Å². The highest BCUT2D eigenvalue weighted by Crippen LogP contribution is 2.17. The van der Waals surface area contributed by atoms with Crippen LogP contribution in [0.4, 0.5) is 4.79 Å². The van der Waals surface area contributed by atoms with Gasteiger partial charge in [0.2, 0.25) is 5.91 Å². The monoisotopic (exact) mass is 388 g/mol. The van der Waals surface area contributed by atoms with Crippen molar-refractivity contribution in [1.29, 1.82) is 0 Å². The lowest BCUT2D eigenvalue weighted by molar-refractivity contribution is -0.137. The van der Waals surface area contributed by atoms with Gasteiger partial charge in [0.25, 0.3) is 0 Å². The summed E-state index contributed by atoms with van der Waals surface area (Å²) in [4.78, 5) is 37.7. The van der Waals surface area contributed by atoms with Crippen molar-refractivity contribution in [2.45, 2.75) is 39.2 Å². The SMILES string of the molecule is CCOC(=O)NN=Cc1ccc(C(=O)CC(C)C(=O)N2CCC([O])CC2)cc1. The lowest BCUT2D eigenvalue weighted by Gasteiger charge is -2.30. The lowest BCUT2D eigenvalue weighted by atomic mass is 9.97. The largest absolute Gasteiger partial charge is 0.449 e. The molecule has 1 heterocycles. The van der Waals surface area contributed by atoms with Gasteiger partial charge in [-0.3, -0.25) is 9.59 Å². The number of ether oxygens (including phenoxy) is 1. The molecule has 8 heteroatoms. The predicted octanol–water partition coefficient (Wildman–Crippen LogP) is 2.40. The number of carbonyl (C=O) groups excluding carboxylic acids is 3. The number of rotatable bonds is 7. The number of hydrazone groups is 1. The minimum absolute atomic E-state index is 0.0750. The van der Waals surface area contributed by atoms with Crippen molar-refractivity contribution < 1.29 is 24.2 Å². The predicted molar refractivity (Wildman–Crippen MR) is 103 cm³/mol. The zero-order valence-corrected chi connectivity index (χ0v) is 16.2. The summed E-state index contributed by atoms with van der Waals surface area (Å²) in [6.45, 7) is 4.64. The Balaban J connectivity index is 1.85. The van der Waals surface area contributed by atoms with Crippen LogP contribution in [0.1, 0.15) is 49.0 Å². The molecule has 0 bridgehead atoms. The minimum atomic E-state index is -0.635. The first-order valence-corrected chi connectivity index (χ1v) is 9.44. The van der Waals surface area contributed by atoms with Gasteiger partial charge in [0.05, 0.1) is 18.9 Å². The minimum Gasteiger partial charge on any atom is -0.449 e. The standard InChI is InChI=1S/C20H26N3O5/c1-3-28-20(27)22-21-13-15-4-6-16(7-5-15)18(25)12-14(2)19(26)23-10-8-17(24)9-11-23/h4-7,13-14,17H,3,8-12H2,1-2H3,(H,22,27). The van der Waals surface area contributed by atoms with E-state index in [1.54, 1.807) is 43.0 Å². The van der Waals surface area contributed by atoms with Crippen molar-refractivity contribution in [3.8, 4) is 0 Å². The first-order valence-electron chi connectivity index (χ1n) is 9.44. The second-order valence-electron chi connectivity index (χ2n) is 6.77. The molecule has 151 valence electrons. The Morgan fingerprint density at radius 3 is 2.50 bits per heavy atom. The molecule has 8 nitrogen and oxygen atoms in total. The summed E-state index contributed by atoms with van der Waals surface area (Å²) in [5.41, 5.74) is 3.44. The summed E-state index contributed by atoms with van der Waals surface area (Å²) >= 11 is 0. The molecule has 28 heavy (non-hydrogen) atoms. The highest BCUT2D eigenvalue weighted by atomic mass is 16.5. The van der Waals surface area contributed by atoms with E-state index in [-0.39, 0.29) is 24.7 Å². The fraction of sp³-hybridized carbons (Fsp3) is 0.500. The zero-order valence-electron chi connectivity index (χ0n) is 16.2. The van der Waals surface area contributed by atoms with Crippen LogP contribution in [0.15, 0.2) is 29.4 Å². The molecule has 0 aromatic heterocycles. The van der Waals surface area contributed by atoms with E-state index in [9.17, 15) is 19.5 Å². The molecule has 1 aliphatic rings. The van der Waals surface area contributed by atoms with Gasteiger partial charge in [-0.1, -0.05) is 31.2 Å². The van der Waals surface area contributed by atoms with E-state index in [1.807, 2.05) is 0 Å². The summed E-state index contributed by atoms with van der Waals surface area (Å²) in [5, 5.41) is 15.1. The number of amides is 2. The van der Waals surface area contributed by atoms with Crippen LogP contribution < -0.4 is 5.43 Å². The summed E-state index contributed by atoms with van der Waals surface area (Å²) < 4.78 is 4.68. The third-order valence-electron chi connectivity index (χ3n) is 4.54. The molecule has 1 aromatic carbocycles. The number of ketones is 1. The van der Waals surface area contributed by atoms with Gasteiger partial charge in [-0.05, 0) is 25.3 Å². The maximum absolute atomic E-state index is 12.5. The van der Waals surface area contributed by atoms with Gasteiger partial charge < -0.3 is 9.64 Å². The van der Waals surface area contributed by atoms with Gasteiger partial charge >= 0.3 is 6.09 Å². The molecule has 2 rings (SSSR count). The van der Waals surface area contributed by atoms with Crippen molar-refractivity contribution in [1.82, 2.24) is 10.3 Å². The summed E-state index contributed by atoms with van der Waals surface area (Å²) in [5.74, 6) is -0.618. The Morgan fingerprint density at radius 2 is 1.89 bits per heavy atom. The average Bonchev–Trinajstić information content (AvgIpc) is 2.68. The molecule has 2 amide bonds. The number of Topliss-reactive ketones (excluding diaryl/α,β-unsaturated/α-hetero) is 1. The first kappa shape index (κ1) is 21.6. The second-order valence-corrected chi connectivity index (χ2v) is 6.77. The zero-order chi connectivity index (χ0) is 20.5. The average molecular weight is 388 g/mol. The van der Waals surface area contributed by atoms with Gasteiger partial charge in [0.15, 0.2) is 5.78 Å². The number of nitrogens with zero attached hydrogens (tertiary/aromatic N) is 2. The van der Waals surface area contributed by atoms with E-state index in [1.165, 1.54) is 6.21 Å². The lowest BCUT2D eigenvalue weighted by Crippen LogP contribution is -2.42. The Morgan fingerprint density at radius 1 is 1.25 bits per heavy atom. The molecule has 1 fully saturated rings.